The van der Waals surface area contributed by atoms with Gasteiger partial charge < -0.3 is 4.74 Å². The van der Waals surface area contributed by atoms with E-state index in [-0.39, 0.29) is 24.3 Å². The second kappa shape index (κ2) is 7.57. The lowest BCUT2D eigenvalue weighted by molar-refractivity contribution is -0.123. The van der Waals surface area contributed by atoms with Gasteiger partial charge in [-0.25, -0.2) is 0 Å². The first kappa shape index (κ1) is 17.3. The molecule has 0 atom stereocenters. The fourth-order valence-electron chi connectivity index (χ4n) is 2.40. The van der Waals surface area contributed by atoms with Crippen molar-refractivity contribution in [3.63, 3.8) is 0 Å². The van der Waals surface area contributed by atoms with Gasteiger partial charge in [-0.15, -0.1) is 0 Å². The van der Waals surface area contributed by atoms with E-state index in [1.54, 1.807) is 6.08 Å². The molecule has 0 unspecified atom stereocenters. The summed E-state index contributed by atoms with van der Waals surface area (Å²) in [6.07, 6.45) is 1.76. The molecule has 0 aliphatic carbocycles. The maximum Gasteiger partial charge on any atom is 0.293 e. The second-order valence-electron chi connectivity index (χ2n) is 5.91. The third-order valence-electron chi connectivity index (χ3n) is 3.85. The number of carbonyl (C=O) groups excluding carboxylic acids is 2. The molecule has 1 saturated heterocycles. The number of carbonyl (C=O) groups is 2. The Morgan fingerprint density at radius 2 is 1.56 bits per heavy atom. The number of hydrogen-bond donors (Lipinski definition) is 0. The summed E-state index contributed by atoms with van der Waals surface area (Å²) >= 11 is 0.972. The first-order valence-electron chi connectivity index (χ1n) is 8.04. The van der Waals surface area contributed by atoms with Gasteiger partial charge in [-0.05, 0) is 49.4 Å². The number of nitrogens with zero attached hydrogens (tertiary/aromatic N) is 1. The topological polar surface area (TPSA) is 46.6 Å². The highest BCUT2D eigenvalue weighted by atomic mass is 32.2. The molecule has 4 nitrogen and oxygen atoms in total. The third-order valence-corrected chi connectivity index (χ3v) is 4.76. The van der Waals surface area contributed by atoms with Crippen molar-refractivity contribution < 1.29 is 14.3 Å². The number of aryl methyl sites for hydroxylation is 2. The number of benzene rings is 2. The maximum absolute atomic E-state index is 12.4. The Morgan fingerprint density at radius 1 is 0.960 bits per heavy atom. The number of ether oxygens (including phenoxy) is 1. The molecule has 3 rings (SSSR count). The molecule has 128 valence electrons. The Kier molecular flexibility index (Phi) is 5.24. The quantitative estimate of drug-likeness (QED) is 0.747. The normalized spacial score (nSPS) is 15.9. The van der Waals surface area contributed by atoms with Crippen molar-refractivity contribution >= 4 is 29.0 Å². The molecule has 5 heteroatoms. The molecule has 0 bridgehead atoms. The molecule has 0 saturated carbocycles. The standard InChI is InChI=1S/C20H19NO3S/c1-14-3-7-16(8-4-14)13-18-19(22)21(20(23)25-18)11-12-24-17-9-5-15(2)6-10-17/h3-10,13H,11-12H2,1-2H3/b18-13-. The highest BCUT2D eigenvalue weighted by Gasteiger charge is 2.34. The van der Waals surface area contributed by atoms with Crippen LogP contribution in [0.4, 0.5) is 4.79 Å². The molecule has 1 aliphatic rings. The van der Waals surface area contributed by atoms with Crippen molar-refractivity contribution in [2.75, 3.05) is 13.2 Å². The Morgan fingerprint density at radius 3 is 2.20 bits per heavy atom. The van der Waals surface area contributed by atoms with E-state index in [0.717, 1.165) is 34.2 Å². The molecule has 0 spiro atoms. The van der Waals surface area contributed by atoms with Gasteiger partial charge in [0.05, 0.1) is 11.4 Å². The predicted molar refractivity (Wildman–Crippen MR) is 101 cm³/mol. The summed E-state index contributed by atoms with van der Waals surface area (Å²) in [5, 5.41) is -0.254. The monoisotopic (exact) mass is 353 g/mol. The van der Waals surface area contributed by atoms with Crippen LogP contribution in [0.25, 0.3) is 6.08 Å². The summed E-state index contributed by atoms with van der Waals surface area (Å²) in [7, 11) is 0. The molecular weight excluding hydrogens is 334 g/mol. The van der Waals surface area contributed by atoms with Crippen LogP contribution in [0.1, 0.15) is 16.7 Å². The van der Waals surface area contributed by atoms with Crippen LogP contribution in [0.3, 0.4) is 0 Å². The minimum atomic E-state index is -0.261. The molecule has 2 aromatic rings. The van der Waals surface area contributed by atoms with Crippen molar-refractivity contribution in [1.29, 1.82) is 0 Å². The van der Waals surface area contributed by atoms with Crippen molar-refractivity contribution in [3.05, 3.63) is 70.1 Å². The molecule has 25 heavy (non-hydrogen) atoms. The number of imide groups is 1. The van der Waals surface area contributed by atoms with Crippen LogP contribution in [-0.2, 0) is 4.79 Å². The van der Waals surface area contributed by atoms with Crippen molar-refractivity contribution in [1.82, 2.24) is 4.90 Å². The number of rotatable bonds is 5. The van der Waals surface area contributed by atoms with E-state index in [4.69, 9.17) is 4.74 Å². The van der Waals surface area contributed by atoms with Crippen molar-refractivity contribution in [3.8, 4) is 5.75 Å². The van der Waals surface area contributed by atoms with Gasteiger partial charge in [-0.3, -0.25) is 14.5 Å². The SMILES string of the molecule is Cc1ccc(/C=C2\SC(=O)N(CCOc3ccc(C)cc3)C2=O)cc1. The van der Waals surface area contributed by atoms with E-state index in [9.17, 15) is 9.59 Å². The summed E-state index contributed by atoms with van der Waals surface area (Å²) < 4.78 is 5.61. The van der Waals surface area contributed by atoms with Crippen LogP contribution in [0, 0.1) is 13.8 Å². The lowest BCUT2D eigenvalue weighted by Gasteiger charge is -2.13. The van der Waals surface area contributed by atoms with Gasteiger partial charge in [0.1, 0.15) is 12.4 Å². The molecule has 1 heterocycles. The number of thioether (sulfide) groups is 1. The second-order valence-corrected chi connectivity index (χ2v) is 6.90. The van der Waals surface area contributed by atoms with E-state index in [1.165, 1.54) is 4.90 Å². The van der Waals surface area contributed by atoms with Gasteiger partial charge in [-0.2, -0.15) is 0 Å². The van der Waals surface area contributed by atoms with Gasteiger partial charge in [0, 0.05) is 0 Å². The fraction of sp³-hybridized carbons (Fsp3) is 0.200. The Hall–Kier alpha value is -2.53. The Labute approximate surface area is 151 Å². The minimum Gasteiger partial charge on any atom is -0.492 e. The van der Waals surface area contributed by atoms with E-state index < -0.39 is 0 Å². The van der Waals surface area contributed by atoms with Crippen LogP contribution in [-0.4, -0.2) is 29.2 Å². The van der Waals surface area contributed by atoms with Crippen LogP contribution in [0.5, 0.6) is 5.75 Å². The molecule has 2 amide bonds. The lowest BCUT2D eigenvalue weighted by Crippen LogP contribution is -2.32. The van der Waals surface area contributed by atoms with Gasteiger partial charge in [-0.1, -0.05) is 47.5 Å². The summed E-state index contributed by atoms with van der Waals surface area (Å²) in [5.41, 5.74) is 3.21. The molecular formula is C20H19NO3S. The predicted octanol–water partition coefficient (Wildman–Crippen LogP) is 4.42. The van der Waals surface area contributed by atoms with E-state index in [0.29, 0.717) is 4.91 Å². The largest absolute Gasteiger partial charge is 0.492 e. The highest BCUT2D eigenvalue weighted by molar-refractivity contribution is 8.18. The van der Waals surface area contributed by atoms with Gasteiger partial charge in [0.15, 0.2) is 0 Å². The smallest absolute Gasteiger partial charge is 0.293 e. The van der Waals surface area contributed by atoms with Gasteiger partial charge >= 0.3 is 0 Å². The van der Waals surface area contributed by atoms with Crippen molar-refractivity contribution in [2.24, 2.45) is 0 Å². The Bertz CT molecular complexity index is 810. The summed E-state index contributed by atoms with van der Waals surface area (Å²) in [4.78, 5) is 26.2. The fourth-order valence-corrected chi connectivity index (χ4v) is 3.26. The average Bonchev–Trinajstić information content (AvgIpc) is 2.86. The lowest BCUT2D eigenvalue weighted by atomic mass is 10.1. The van der Waals surface area contributed by atoms with E-state index in [2.05, 4.69) is 0 Å². The summed E-state index contributed by atoms with van der Waals surface area (Å²) in [6.45, 7) is 4.53. The van der Waals surface area contributed by atoms with Gasteiger partial charge in [0.2, 0.25) is 0 Å². The number of hydrogen-bond acceptors (Lipinski definition) is 4. The maximum atomic E-state index is 12.4. The third kappa shape index (κ3) is 4.31. The average molecular weight is 353 g/mol. The zero-order valence-electron chi connectivity index (χ0n) is 14.2. The first-order valence-corrected chi connectivity index (χ1v) is 8.86. The Balaban J connectivity index is 1.61. The van der Waals surface area contributed by atoms with E-state index >= 15 is 0 Å². The molecule has 0 aromatic heterocycles. The van der Waals surface area contributed by atoms with Crippen LogP contribution in [0.2, 0.25) is 0 Å². The molecule has 1 fully saturated rings. The van der Waals surface area contributed by atoms with E-state index in [1.807, 2.05) is 62.4 Å². The minimum absolute atomic E-state index is 0.240. The van der Waals surface area contributed by atoms with Crippen molar-refractivity contribution in [2.45, 2.75) is 13.8 Å². The van der Waals surface area contributed by atoms with Crippen LogP contribution < -0.4 is 4.74 Å². The highest BCUT2D eigenvalue weighted by Crippen LogP contribution is 2.32. The zero-order chi connectivity index (χ0) is 17.8. The number of amides is 2. The molecule has 0 N–H and O–H groups in total. The summed E-state index contributed by atoms with van der Waals surface area (Å²) in [6, 6.07) is 15.5. The molecule has 2 aromatic carbocycles. The molecule has 1 aliphatic heterocycles. The summed E-state index contributed by atoms with van der Waals surface area (Å²) in [5.74, 6) is 0.468. The van der Waals surface area contributed by atoms with Gasteiger partial charge in [0.25, 0.3) is 11.1 Å². The molecule has 0 radical (unpaired) electrons. The van der Waals surface area contributed by atoms with Crippen LogP contribution >= 0.6 is 11.8 Å². The van der Waals surface area contributed by atoms with Crippen LogP contribution in [0.15, 0.2) is 53.4 Å². The zero-order valence-corrected chi connectivity index (χ0v) is 15.0. The first-order chi connectivity index (χ1) is 12.0.